The number of benzene rings is 2. The van der Waals surface area contributed by atoms with E-state index in [1.165, 1.54) is 23.8 Å². The molecule has 8 heteroatoms. The fourth-order valence-electron chi connectivity index (χ4n) is 3.43. The predicted molar refractivity (Wildman–Crippen MR) is 120 cm³/mol. The van der Waals surface area contributed by atoms with Gasteiger partial charge < -0.3 is 15.4 Å². The van der Waals surface area contributed by atoms with Gasteiger partial charge in [0, 0.05) is 29.7 Å². The zero-order valence-corrected chi connectivity index (χ0v) is 17.6. The Morgan fingerprint density at radius 3 is 2.94 bits per heavy atom. The van der Waals surface area contributed by atoms with Crippen molar-refractivity contribution in [3.63, 3.8) is 0 Å². The summed E-state index contributed by atoms with van der Waals surface area (Å²) < 4.78 is 20.1. The van der Waals surface area contributed by atoms with Gasteiger partial charge in [0.1, 0.15) is 17.4 Å². The van der Waals surface area contributed by atoms with Crippen molar-refractivity contribution in [1.29, 1.82) is 0 Å². The molecule has 1 aromatic heterocycles. The molecule has 2 N–H and O–H groups in total. The molecular weight excluding hydrogens is 409 g/mol. The number of halogens is 1. The molecule has 7 nitrogen and oxygen atoms in total. The second-order valence-electron chi connectivity index (χ2n) is 8.01. The van der Waals surface area contributed by atoms with Gasteiger partial charge in [0.15, 0.2) is 12.4 Å². The van der Waals surface area contributed by atoms with E-state index in [9.17, 15) is 9.18 Å². The molecule has 1 aliphatic heterocycles. The number of hydrogen-bond acceptors (Lipinski definition) is 6. The van der Waals surface area contributed by atoms with Crippen LogP contribution in [0.1, 0.15) is 29.5 Å². The van der Waals surface area contributed by atoms with Gasteiger partial charge >= 0.3 is 0 Å². The molecule has 0 spiro atoms. The summed E-state index contributed by atoms with van der Waals surface area (Å²) in [6, 6.07) is 10.6. The Morgan fingerprint density at radius 1 is 1.22 bits per heavy atom. The Kier molecular flexibility index (Phi) is 5.26. The molecule has 1 amide bonds. The summed E-state index contributed by atoms with van der Waals surface area (Å²) in [6.07, 6.45) is 5.51. The first-order valence-electron chi connectivity index (χ1n) is 10.5. The number of nitrogens with zero attached hydrogens (tertiary/aromatic N) is 3. The summed E-state index contributed by atoms with van der Waals surface area (Å²) in [5.41, 5.74) is 4.15. The first kappa shape index (κ1) is 20.1. The molecule has 2 aromatic carbocycles. The minimum Gasteiger partial charge on any atom is -0.484 e. The summed E-state index contributed by atoms with van der Waals surface area (Å²) in [7, 11) is 0. The highest BCUT2D eigenvalue weighted by Gasteiger charge is 2.23. The molecule has 5 rings (SSSR count). The van der Waals surface area contributed by atoms with Gasteiger partial charge in [-0.1, -0.05) is 6.07 Å². The van der Waals surface area contributed by atoms with Crippen molar-refractivity contribution in [2.75, 3.05) is 11.9 Å². The van der Waals surface area contributed by atoms with E-state index < -0.39 is 5.82 Å². The number of carbonyl (C=O) groups excluding carboxylic acids is 1. The van der Waals surface area contributed by atoms with Crippen LogP contribution in [0.2, 0.25) is 0 Å². The Hall–Kier alpha value is -3.81. The summed E-state index contributed by atoms with van der Waals surface area (Å²) in [6.45, 7) is 2.46. The van der Waals surface area contributed by atoms with Crippen molar-refractivity contribution in [3.05, 3.63) is 65.1 Å². The number of fused-ring (bicyclic) bond motifs is 1. The maximum Gasteiger partial charge on any atom is 0.258 e. The van der Waals surface area contributed by atoms with Gasteiger partial charge in [0.2, 0.25) is 0 Å². The number of amides is 1. The van der Waals surface area contributed by atoms with Gasteiger partial charge in [-0.3, -0.25) is 9.79 Å². The van der Waals surface area contributed by atoms with Gasteiger partial charge in [-0.15, -0.1) is 0 Å². The van der Waals surface area contributed by atoms with Gasteiger partial charge in [-0.25, -0.2) is 14.4 Å². The summed E-state index contributed by atoms with van der Waals surface area (Å²) in [5.74, 6) is 0.536. The third kappa shape index (κ3) is 4.44. The molecule has 32 heavy (non-hydrogen) atoms. The molecule has 0 bridgehead atoms. The van der Waals surface area contributed by atoms with Crippen molar-refractivity contribution >= 4 is 23.6 Å². The third-order valence-electron chi connectivity index (χ3n) is 5.36. The zero-order chi connectivity index (χ0) is 22.1. The second kappa shape index (κ2) is 8.37. The highest BCUT2D eigenvalue weighted by atomic mass is 19.1. The molecule has 1 aliphatic carbocycles. The van der Waals surface area contributed by atoms with Crippen LogP contribution in [-0.4, -0.2) is 34.7 Å². The maximum atomic E-state index is 14.6. The summed E-state index contributed by atoms with van der Waals surface area (Å²) in [5, 5.41) is 6.15. The third-order valence-corrected chi connectivity index (χ3v) is 5.36. The molecule has 1 fully saturated rings. The Labute approximate surface area is 184 Å². The van der Waals surface area contributed by atoms with Crippen LogP contribution in [0.25, 0.3) is 11.4 Å². The number of nitrogens with one attached hydrogen (secondary N) is 2. The van der Waals surface area contributed by atoms with Crippen molar-refractivity contribution < 1.29 is 13.9 Å². The molecule has 2 aliphatic rings. The van der Waals surface area contributed by atoms with Gasteiger partial charge in [-0.2, -0.15) is 0 Å². The molecule has 2 heterocycles. The lowest BCUT2D eigenvalue weighted by molar-refractivity contribution is -0.123. The number of aromatic nitrogens is 2. The van der Waals surface area contributed by atoms with E-state index in [2.05, 4.69) is 25.6 Å². The largest absolute Gasteiger partial charge is 0.484 e. The molecule has 0 atom stereocenters. The topological polar surface area (TPSA) is 88.5 Å². The van der Waals surface area contributed by atoms with Crippen LogP contribution < -0.4 is 15.4 Å². The van der Waals surface area contributed by atoms with E-state index in [-0.39, 0.29) is 29.9 Å². The van der Waals surface area contributed by atoms with Crippen LogP contribution in [0.5, 0.6) is 5.75 Å². The minimum absolute atomic E-state index is 0.120. The molecule has 162 valence electrons. The van der Waals surface area contributed by atoms with Gasteiger partial charge in [-0.05, 0) is 61.2 Å². The Bertz CT molecular complexity index is 1220. The normalized spacial score (nSPS) is 14.2. The first-order valence-corrected chi connectivity index (χ1v) is 10.5. The average molecular weight is 431 g/mol. The lowest BCUT2D eigenvalue weighted by Crippen LogP contribution is -2.30. The van der Waals surface area contributed by atoms with Crippen LogP contribution in [0, 0.1) is 12.7 Å². The lowest BCUT2D eigenvalue weighted by Gasteiger charge is -2.12. The van der Waals surface area contributed by atoms with E-state index in [0.29, 0.717) is 18.1 Å². The molecule has 1 saturated carbocycles. The van der Waals surface area contributed by atoms with Crippen LogP contribution in [0.15, 0.2) is 47.6 Å². The van der Waals surface area contributed by atoms with Gasteiger partial charge in [0.25, 0.3) is 5.91 Å². The van der Waals surface area contributed by atoms with Crippen LogP contribution in [0.3, 0.4) is 0 Å². The fraction of sp³-hybridized carbons (Fsp3) is 0.250. The molecular formula is C24H22FN5O2. The van der Waals surface area contributed by atoms with E-state index in [4.69, 9.17) is 4.74 Å². The monoisotopic (exact) mass is 431 g/mol. The fourth-order valence-corrected chi connectivity index (χ4v) is 3.43. The second-order valence-corrected chi connectivity index (χ2v) is 8.01. The zero-order valence-electron chi connectivity index (χ0n) is 17.6. The van der Waals surface area contributed by atoms with Crippen molar-refractivity contribution in [2.24, 2.45) is 4.99 Å². The summed E-state index contributed by atoms with van der Waals surface area (Å²) >= 11 is 0. The smallest absolute Gasteiger partial charge is 0.258 e. The number of hydrogen-bond donors (Lipinski definition) is 2. The van der Waals surface area contributed by atoms with Crippen LogP contribution >= 0.6 is 0 Å². The van der Waals surface area contributed by atoms with Crippen LogP contribution in [0.4, 0.5) is 15.9 Å². The molecule has 0 unspecified atom stereocenters. The van der Waals surface area contributed by atoms with Crippen molar-refractivity contribution in [2.45, 2.75) is 32.4 Å². The van der Waals surface area contributed by atoms with Crippen LogP contribution in [-0.2, 0) is 11.3 Å². The number of ether oxygens (including phenoxy) is 1. The summed E-state index contributed by atoms with van der Waals surface area (Å²) in [4.78, 5) is 25.0. The quantitative estimate of drug-likeness (QED) is 0.592. The number of aryl methyl sites for hydroxylation is 1. The van der Waals surface area contributed by atoms with E-state index in [1.54, 1.807) is 6.20 Å². The minimum atomic E-state index is -0.469. The average Bonchev–Trinajstić information content (AvgIpc) is 3.47. The van der Waals surface area contributed by atoms with Crippen molar-refractivity contribution in [3.8, 4) is 17.1 Å². The molecule has 0 radical (unpaired) electrons. The number of anilines is 2. The highest BCUT2D eigenvalue weighted by molar-refractivity contribution is 5.86. The van der Waals surface area contributed by atoms with E-state index in [0.717, 1.165) is 29.7 Å². The van der Waals surface area contributed by atoms with Crippen molar-refractivity contribution in [1.82, 2.24) is 15.3 Å². The SMILES string of the molecule is Cc1cnc(-c2cc(OCC(=O)NC3CC3)ccc2F)nc1Nc1ccc2c(c1)C=NC2. The first-order chi connectivity index (χ1) is 15.5. The van der Waals surface area contributed by atoms with Gasteiger partial charge in [0.05, 0.1) is 12.1 Å². The van der Waals surface area contributed by atoms with E-state index >= 15 is 0 Å². The Balaban J connectivity index is 1.36. The lowest BCUT2D eigenvalue weighted by atomic mass is 10.1. The highest BCUT2D eigenvalue weighted by Crippen LogP contribution is 2.28. The van der Waals surface area contributed by atoms with E-state index in [1.807, 2.05) is 31.3 Å². The number of aliphatic imine (C=N–C) groups is 1. The Morgan fingerprint density at radius 2 is 2.09 bits per heavy atom. The number of carbonyl (C=O) groups is 1. The standard InChI is InChI=1S/C24H22FN5O2/c1-14-10-27-24(30-23(14)29-18-3-2-15-11-26-12-16(15)8-18)20-9-19(6-7-21(20)25)32-13-22(31)28-17-4-5-17/h2-3,6-10,12,17H,4-5,11,13H2,1H3,(H,28,31)(H,27,29,30). The molecule has 0 saturated heterocycles. The molecule has 3 aromatic rings. The predicted octanol–water partition coefficient (Wildman–Crippen LogP) is 3.92. The maximum absolute atomic E-state index is 14.6. The number of rotatable bonds is 7.